The van der Waals surface area contributed by atoms with E-state index < -0.39 is 0 Å². The van der Waals surface area contributed by atoms with Crippen LogP contribution in [0.4, 0.5) is 0 Å². The summed E-state index contributed by atoms with van der Waals surface area (Å²) in [6.45, 7) is 11.9. The van der Waals surface area contributed by atoms with Gasteiger partial charge in [-0.25, -0.2) is 0 Å². The fourth-order valence-electron chi connectivity index (χ4n) is 1.79. The van der Waals surface area contributed by atoms with E-state index in [1.807, 2.05) is 0 Å². The van der Waals surface area contributed by atoms with Gasteiger partial charge in [0.15, 0.2) is 0 Å². The molecule has 1 rings (SSSR count). The van der Waals surface area contributed by atoms with E-state index in [9.17, 15) is 0 Å². The van der Waals surface area contributed by atoms with Crippen molar-refractivity contribution >= 4 is 0 Å². The first-order valence-electron chi connectivity index (χ1n) is 4.99. The van der Waals surface area contributed by atoms with Crippen LogP contribution in [-0.4, -0.2) is 12.6 Å². The fraction of sp³-hybridized carbons (Fsp3) is 0.818. The van der Waals surface area contributed by atoms with E-state index in [0.717, 1.165) is 6.54 Å². The lowest BCUT2D eigenvalue weighted by molar-refractivity contribution is 0.400. The third-order valence-electron chi connectivity index (χ3n) is 2.83. The summed E-state index contributed by atoms with van der Waals surface area (Å²) in [5.74, 6) is 0. The molecule has 1 nitrogen and oxygen atoms in total. The van der Waals surface area contributed by atoms with Gasteiger partial charge >= 0.3 is 0 Å². The molecule has 1 atom stereocenters. The van der Waals surface area contributed by atoms with Gasteiger partial charge in [0.25, 0.3) is 0 Å². The van der Waals surface area contributed by atoms with Crippen LogP contribution in [0.15, 0.2) is 12.2 Å². The quantitative estimate of drug-likeness (QED) is 0.621. The predicted molar refractivity (Wildman–Crippen MR) is 54.2 cm³/mol. The van der Waals surface area contributed by atoms with Crippen LogP contribution in [0.2, 0.25) is 0 Å². The smallest absolute Gasteiger partial charge is 0.0328 e. The number of rotatable bonds is 5. The summed E-state index contributed by atoms with van der Waals surface area (Å²) in [6, 6.07) is 0.553. The van der Waals surface area contributed by atoms with Crippen LogP contribution in [0.5, 0.6) is 0 Å². The maximum Gasteiger partial charge on any atom is 0.0328 e. The van der Waals surface area contributed by atoms with Crippen LogP contribution < -0.4 is 5.32 Å². The third-order valence-corrected chi connectivity index (χ3v) is 2.83. The summed E-state index contributed by atoms with van der Waals surface area (Å²) in [5.41, 5.74) is 1.82. The van der Waals surface area contributed by atoms with Crippen molar-refractivity contribution in [2.24, 2.45) is 5.41 Å². The van der Waals surface area contributed by atoms with E-state index in [4.69, 9.17) is 0 Å². The van der Waals surface area contributed by atoms with E-state index in [1.165, 1.54) is 24.8 Å². The lowest BCUT2D eigenvalue weighted by Gasteiger charge is -2.25. The Morgan fingerprint density at radius 2 is 2.17 bits per heavy atom. The van der Waals surface area contributed by atoms with Crippen molar-refractivity contribution in [1.82, 2.24) is 5.32 Å². The van der Waals surface area contributed by atoms with Crippen LogP contribution in [0.25, 0.3) is 0 Å². The lowest BCUT2D eigenvalue weighted by Crippen LogP contribution is -2.37. The average Bonchev–Trinajstić information content (AvgIpc) is 2.69. The summed E-state index contributed by atoms with van der Waals surface area (Å²) < 4.78 is 0. The minimum Gasteiger partial charge on any atom is -0.310 e. The second-order valence-electron chi connectivity index (χ2n) is 4.39. The molecule has 0 aromatic carbocycles. The second-order valence-corrected chi connectivity index (χ2v) is 4.39. The van der Waals surface area contributed by atoms with Gasteiger partial charge in [0.1, 0.15) is 0 Å². The Hall–Kier alpha value is -0.300. The molecule has 0 amide bonds. The molecule has 1 N–H and O–H groups in total. The molecule has 0 heterocycles. The summed E-state index contributed by atoms with van der Waals surface area (Å²) in [6.07, 6.45) is 3.93. The molecule has 1 unspecified atom stereocenters. The highest BCUT2D eigenvalue weighted by atomic mass is 14.9. The molecule has 1 saturated carbocycles. The van der Waals surface area contributed by atoms with E-state index in [0.29, 0.717) is 11.5 Å². The van der Waals surface area contributed by atoms with Crippen molar-refractivity contribution in [3.8, 4) is 0 Å². The van der Waals surface area contributed by atoms with Crippen LogP contribution in [0.1, 0.15) is 40.0 Å². The van der Waals surface area contributed by atoms with Gasteiger partial charge in [0.05, 0.1) is 0 Å². The molecule has 12 heavy (non-hydrogen) atoms. The maximum absolute atomic E-state index is 4.05. The topological polar surface area (TPSA) is 12.0 Å². The molecule has 0 radical (unpaired) electrons. The number of nitrogens with one attached hydrogen (secondary N) is 1. The second kappa shape index (κ2) is 3.61. The molecule has 0 aliphatic heterocycles. The highest BCUT2D eigenvalue weighted by Gasteiger charge is 2.44. The molecule has 1 fully saturated rings. The Morgan fingerprint density at radius 1 is 1.58 bits per heavy atom. The molecule has 1 aliphatic rings. The first-order valence-corrected chi connectivity index (χ1v) is 4.99. The molecule has 1 heteroatoms. The minimum atomic E-state index is 0.529. The van der Waals surface area contributed by atoms with Crippen molar-refractivity contribution in [2.45, 2.75) is 46.1 Å². The highest BCUT2D eigenvalue weighted by molar-refractivity contribution is 5.14. The SMILES string of the molecule is C=C(C)C(NCCC)C1(C)CC1. The van der Waals surface area contributed by atoms with Crippen LogP contribution >= 0.6 is 0 Å². The Labute approximate surface area is 76.2 Å². The molecule has 0 aromatic heterocycles. The largest absolute Gasteiger partial charge is 0.310 e. The standard InChI is InChI=1S/C11H21N/c1-5-8-12-10(9(2)3)11(4)6-7-11/h10,12H,2,5-8H2,1,3-4H3. The van der Waals surface area contributed by atoms with E-state index in [2.05, 4.69) is 32.7 Å². The Balaban J connectivity index is 2.44. The Morgan fingerprint density at radius 3 is 2.50 bits per heavy atom. The first-order chi connectivity index (χ1) is 5.60. The van der Waals surface area contributed by atoms with Gasteiger partial charge in [-0.05, 0) is 38.1 Å². The van der Waals surface area contributed by atoms with Gasteiger partial charge in [0, 0.05) is 6.04 Å². The Bertz CT molecular complexity index is 168. The molecular weight excluding hydrogens is 146 g/mol. The summed E-state index contributed by atoms with van der Waals surface area (Å²) in [5, 5.41) is 3.57. The number of hydrogen-bond donors (Lipinski definition) is 1. The zero-order chi connectivity index (χ0) is 9.19. The monoisotopic (exact) mass is 167 g/mol. The van der Waals surface area contributed by atoms with Gasteiger partial charge in [-0.15, -0.1) is 0 Å². The van der Waals surface area contributed by atoms with Crippen LogP contribution in [0.3, 0.4) is 0 Å². The zero-order valence-corrected chi connectivity index (χ0v) is 8.61. The molecular formula is C11H21N. The van der Waals surface area contributed by atoms with Crippen LogP contribution in [-0.2, 0) is 0 Å². The van der Waals surface area contributed by atoms with Gasteiger partial charge in [-0.2, -0.15) is 0 Å². The van der Waals surface area contributed by atoms with Gasteiger partial charge in [0.2, 0.25) is 0 Å². The van der Waals surface area contributed by atoms with Crippen molar-refractivity contribution in [3.05, 3.63) is 12.2 Å². The van der Waals surface area contributed by atoms with Gasteiger partial charge in [-0.3, -0.25) is 0 Å². The molecule has 0 saturated heterocycles. The molecule has 0 spiro atoms. The fourth-order valence-corrected chi connectivity index (χ4v) is 1.79. The highest BCUT2D eigenvalue weighted by Crippen LogP contribution is 2.49. The maximum atomic E-state index is 4.05. The van der Waals surface area contributed by atoms with Gasteiger partial charge < -0.3 is 5.32 Å². The zero-order valence-electron chi connectivity index (χ0n) is 8.61. The van der Waals surface area contributed by atoms with E-state index in [-0.39, 0.29) is 0 Å². The third kappa shape index (κ3) is 2.10. The van der Waals surface area contributed by atoms with Gasteiger partial charge in [-0.1, -0.05) is 26.0 Å². The average molecular weight is 167 g/mol. The Kier molecular flexibility index (Phi) is 2.94. The molecule has 0 aromatic rings. The van der Waals surface area contributed by atoms with Crippen molar-refractivity contribution in [1.29, 1.82) is 0 Å². The van der Waals surface area contributed by atoms with E-state index in [1.54, 1.807) is 0 Å². The summed E-state index contributed by atoms with van der Waals surface area (Å²) >= 11 is 0. The van der Waals surface area contributed by atoms with Crippen molar-refractivity contribution in [3.63, 3.8) is 0 Å². The first kappa shape index (κ1) is 9.79. The summed E-state index contributed by atoms with van der Waals surface area (Å²) in [4.78, 5) is 0. The minimum absolute atomic E-state index is 0.529. The van der Waals surface area contributed by atoms with Crippen molar-refractivity contribution < 1.29 is 0 Å². The number of hydrogen-bond acceptors (Lipinski definition) is 1. The molecule has 1 aliphatic carbocycles. The van der Waals surface area contributed by atoms with Crippen molar-refractivity contribution in [2.75, 3.05) is 6.54 Å². The summed E-state index contributed by atoms with van der Waals surface area (Å²) in [7, 11) is 0. The molecule has 0 bridgehead atoms. The van der Waals surface area contributed by atoms with E-state index >= 15 is 0 Å². The normalized spacial score (nSPS) is 21.9. The molecule has 70 valence electrons. The predicted octanol–water partition coefficient (Wildman–Crippen LogP) is 2.73. The van der Waals surface area contributed by atoms with Crippen LogP contribution in [0, 0.1) is 5.41 Å². The lowest BCUT2D eigenvalue weighted by atomic mass is 9.93.